The lowest BCUT2D eigenvalue weighted by Crippen LogP contribution is -2.06. The van der Waals surface area contributed by atoms with Crippen LogP contribution in [0.5, 0.6) is 0 Å². The van der Waals surface area contributed by atoms with Crippen molar-refractivity contribution in [1.82, 2.24) is 4.57 Å². The molecule has 3 nitrogen and oxygen atoms in total. The number of carbonyl (C=O) groups is 1. The molecular weight excluding hydrogens is 276 g/mol. The summed E-state index contributed by atoms with van der Waals surface area (Å²) in [7, 11) is 0. The summed E-state index contributed by atoms with van der Waals surface area (Å²) in [5.41, 5.74) is 0.516. The molecule has 3 rings (SSSR count). The monoisotopic (exact) mass is 287 g/mol. The van der Waals surface area contributed by atoms with Crippen molar-refractivity contribution in [1.29, 1.82) is 0 Å². The second-order valence-corrected chi connectivity index (χ2v) is 4.73. The second kappa shape index (κ2) is 5.01. The van der Waals surface area contributed by atoms with Crippen molar-refractivity contribution in [2.75, 3.05) is 0 Å². The molecule has 1 aromatic heterocycles. The summed E-state index contributed by atoms with van der Waals surface area (Å²) in [4.78, 5) is 10.9. The third-order valence-electron chi connectivity index (χ3n) is 3.39. The van der Waals surface area contributed by atoms with Gasteiger partial charge in [-0.2, -0.15) is 0 Å². The Balaban J connectivity index is 2.05. The SMILES string of the molecule is O=C(O)c1cccc(Cn2ccc3ccc(F)cc32)c1F. The lowest BCUT2D eigenvalue weighted by Gasteiger charge is -2.08. The minimum absolute atomic E-state index is 0.139. The zero-order valence-corrected chi connectivity index (χ0v) is 10.9. The van der Waals surface area contributed by atoms with Gasteiger partial charge in [-0.3, -0.25) is 0 Å². The van der Waals surface area contributed by atoms with E-state index < -0.39 is 11.8 Å². The van der Waals surface area contributed by atoms with Crippen molar-refractivity contribution in [2.24, 2.45) is 0 Å². The van der Waals surface area contributed by atoms with Gasteiger partial charge in [0, 0.05) is 11.8 Å². The molecule has 0 radical (unpaired) electrons. The number of benzene rings is 2. The van der Waals surface area contributed by atoms with Crippen molar-refractivity contribution < 1.29 is 18.7 Å². The largest absolute Gasteiger partial charge is 0.478 e. The zero-order chi connectivity index (χ0) is 15.0. The fraction of sp³-hybridized carbons (Fsp3) is 0.0625. The Kier molecular flexibility index (Phi) is 3.17. The van der Waals surface area contributed by atoms with Crippen LogP contribution in [-0.4, -0.2) is 15.6 Å². The van der Waals surface area contributed by atoms with Gasteiger partial charge in [-0.15, -0.1) is 0 Å². The molecule has 0 aliphatic carbocycles. The number of carboxylic acids is 1. The molecular formula is C16H11F2NO2. The van der Waals surface area contributed by atoms with Crippen LogP contribution in [0.25, 0.3) is 10.9 Å². The standard InChI is InChI=1S/C16H11F2NO2/c17-12-5-4-10-6-7-19(14(10)8-12)9-11-2-1-3-13(15(11)18)16(20)21/h1-8H,9H2,(H,20,21). The smallest absolute Gasteiger partial charge is 0.338 e. The van der Waals surface area contributed by atoms with Gasteiger partial charge in [0.1, 0.15) is 11.6 Å². The Morgan fingerprint density at radius 3 is 2.71 bits per heavy atom. The van der Waals surface area contributed by atoms with Gasteiger partial charge in [0.25, 0.3) is 0 Å². The summed E-state index contributed by atoms with van der Waals surface area (Å²) in [5, 5.41) is 9.77. The number of hydrogen-bond donors (Lipinski definition) is 1. The number of nitrogens with zero attached hydrogens (tertiary/aromatic N) is 1. The number of aromatic nitrogens is 1. The fourth-order valence-electron chi connectivity index (χ4n) is 2.35. The quantitative estimate of drug-likeness (QED) is 0.798. The average molecular weight is 287 g/mol. The minimum atomic E-state index is -1.31. The number of fused-ring (bicyclic) bond motifs is 1. The number of carboxylic acid groups (broad SMARTS) is 1. The maximum atomic E-state index is 14.1. The number of rotatable bonds is 3. The van der Waals surface area contributed by atoms with E-state index in [1.807, 2.05) is 0 Å². The van der Waals surface area contributed by atoms with Gasteiger partial charge in [0.2, 0.25) is 0 Å². The third-order valence-corrected chi connectivity index (χ3v) is 3.39. The van der Waals surface area contributed by atoms with E-state index in [2.05, 4.69) is 0 Å². The molecule has 5 heteroatoms. The average Bonchev–Trinajstić information content (AvgIpc) is 2.83. The summed E-state index contributed by atoms with van der Waals surface area (Å²) in [6.07, 6.45) is 1.72. The number of aromatic carboxylic acids is 1. The van der Waals surface area contributed by atoms with Gasteiger partial charge in [0.15, 0.2) is 0 Å². The molecule has 0 spiro atoms. The van der Waals surface area contributed by atoms with E-state index in [9.17, 15) is 13.6 Å². The molecule has 0 amide bonds. The summed E-state index contributed by atoms with van der Waals surface area (Å²) in [5.74, 6) is -2.44. The molecule has 1 N–H and O–H groups in total. The van der Waals surface area contributed by atoms with E-state index >= 15 is 0 Å². The first kappa shape index (κ1) is 13.3. The summed E-state index contributed by atoms with van der Waals surface area (Å²) < 4.78 is 29.1. The molecule has 2 aromatic carbocycles. The maximum Gasteiger partial charge on any atom is 0.338 e. The van der Waals surface area contributed by atoms with E-state index in [-0.39, 0.29) is 23.5 Å². The van der Waals surface area contributed by atoms with Gasteiger partial charge in [-0.05, 0) is 35.7 Å². The molecule has 0 saturated heterocycles. The molecule has 0 aliphatic rings. The topological polar surface area (TPSA) is 42.2 Å². The summed E-state index contributed by atoms with van der Waals surface area (Å²) in [6.45, 7) is 0.139. The zero-order valence-electron chi connectivity index (χ0n) is 10.9. The maximum absolute atomic E-state index is 14.1. The predicted octanol–water partition coefficient (Wildman–Crippen LogP) is 3.67. The van der Waals surface area contributed by atoms with E-state index in [1.165, 1.54) is 30.3 Å². The van der Waals surface area contributed by atoms with Crippen molar-refractivity contribution in [2.45, 2.75) is 6.54 Å². The lowest BCUT2D eigenvalue weighted by molar-refractivity contribution is 0.0691. The highest BCUT2D eigenvalue weighted by atomic mass is 19.1. The number of hydrogen-bond acceptors (Lipinski definition) is 1. The number of halogens is 2. The Hall–Kier alpha value is -2.69. The molecule has 0 aliphatic heterocycles. The van der Waals surface area contributed by atoms with Crippen LogP contribution in [0, 0.1) is 11.6 Å². The summed E-state index contributed by atoms with van der Waals surface area (Å²) in [6, 6.07) is 10.4. The molecule has 0 fully saturated rings. The van der Waals surface area contributed by atoms with Crippen LogP contribution in [0.1, 0.15) is 15.9 Å². The van der Waals surface area contributed by atoms with Crippen LogP contribution >= 0.6 is 0 Å². The van der Waals surface area contributed by atoms with Crippen molar-refractivity contribution in [3.8, 4) is 0 Å². The van der Waals surface area contributed by atoms with Gasteiger partial charge >= 0.3 is 5.97 Å². The van der Waals surface area contributed by atoms with Crippen LogP contribution in [-0.2, 0) is 6.54 Å². The van der Waals surface area contributed by atoms with Crippen molar-refractivity contribution in [3.05, 3.63) is 71.4 Å². The molecule has 3 aromatic rings. The van der Waals surface area contributed by atoms with E-state index in [0.29, 0.717) is 5.52 Å². The molecule has 1 heterocycles. The molecule has 0 unspecified atom stereocenters. The Labute approximate surface area is 119 Å². The van der Waals surface area contributed by atoms with Crippen LogP contribution < -0.4 is 0 Å². The summed E-state index contributed by atoms with van der Waals surface area (Å²) >= 11 is 0. The van der Waals surface area contributed by atoms with Crippen LogP contribution in [0.4, 0.5) is 8.78 Å². The lowest BCUT2D eigenvalue weighted by atomic mass is 10.1. The first-order valence-corrected chi connectivity index (χ1v) is 6.31. The molecule has 106 valence electrons. The first-order chi connectivity index (χ1) is 10.1. The van der Waals surface area contributed by atoms with Gasteiger partial charge in [-0.25, -0.2) is 13.6 Å². The molecule has 0 atom stereocenters. The van der Waals surface area contributed by atoms with Crippen LogP contribution in [0.3, 0.4) is 0 Å². The third kappa shape index (κ3) is 2.38. The van der Waals surface area contributed by atoms with Crippen molar-refractivity contribution >= 4 is 16.9 Å². The Bertz CT molecular complexity index is 839. The normalized spacial score (nSPS) is 11.0. The highest BCUT2D eigenvalue weighted by Crippen LogP contribution is 2.20. The molecule has 0 saturated carbocycles. The first-order valence-electron chi connectivity index (χ1n) is 6.31. The minimum Gasteiger partial charge on any atom is -0.478 e. The van der Waals surface area contributed by atoms with Gasteiger partial charge < -0.3 is 9.67 Å². The van der Waals surface area contributed by atoms with Crippen LogP contribution in [0.15, 0.2) is 48.7 Å². The fourth-order valence-corrected chi connectivity index (χ4v) is 2.35. The van der Waals surface area contributed by atoms with Gasteiger partial charge in [-0.1, -0.05) is 12.1 Å². The Morgan fingerprint density at radius 2 is 1.95 bits per heavy atom. The van der Waals surface area contributed by atoms with Gasteiger partial charge in [0.05, 0.1) is 17.6 Å². The Morgan fingerprint density at radius 1 is 1.14 bits per heavy atom. The van der Waals surface area contributed by atoms with Crippen LogP contribution in [0.2, 0.25) is 0 Å². The second-order valence-electron chi connectivity index (χ2n) is 4.73. The van der Waals surface area contributed by atoms with E-state index in [0.717, 1.165) is 5.39 Å². The highest BCUT2D eigenvalue weighted by molar-refractivity contribution is 5.88. The molecule has 21 heavy (non-hydrogen) atoms. The highest BCUT2D eigenvalue weighted by Gasteiger charge is 2.14. The van der Waals surface area contributed by atoms with E-state index in [4.69, 9.17) is 5.11 Å². The van der Waals surface area contributed by atoms with Crippen molar-refractivity contribution in [3.63, 3.8) is 0 Å². The van der Waals surface area contributed by atoms with E-state index in [1.54, 1.807) is 22.9 Å². The predicted molar refractivity (Wildman–Crippen MR) is 74.4 cm³/mol. The molecule has 0 bridgehead atoms.